The van der Waals surface area contributed by atoms with Crippen molar-refractivity contribution in [2.24, 2.45) is 10.4 Å². The van der Waals surface area contributed by atoms with Gasteiger partial charge in [0.1, 0.15) is 12.4 Å². The summed E-state index contributed by atoms with van der Waals surface area (Å²) in [7, 11) is 0. The molecule has 0 fully saturated rings. The first-order valence-electron chi connectivity index (χ1n) is 7.30. The summed E-state index contributed by atoms with van der Waals surface area (Å²) in [6.45, 7) is 4.03. The Morgan fingerprint density at radius 2 is 2.14 bits per heavy atom. The van der Waals surface area contributed by atoms with Crippen molar-refractivity contribution < 1.29 is 14.3 Å². The molecule has 4 nitrogen and oxygen atoms in total. The number of rotatable bonds is 4. The zero-order valence-electron chi connectivity index (χ0n) is 12.9. The Hall–Kier alpha value is -2.17. The second kappa shape index (κ2) is 6.73. The maximum Gasteiger partial charge on any atom is 0.325 e. The van der Waals surface area contributed by atoms with E-state index in [0.29, 0.717) is 6.42 Å². The van der Waals surface area contributed by atoms with E-state index < -0.39 is 5.97 Å². The highest BCUT2D eigenvalue weighted by Crippen LogP contribution is 2.33. The number of hydrogen-bond acceptors (Lipinski definition) is 3. The van der Waals surface area contributed by atoms with Gasteiger partial charge in [0, 0.05) is 23.5 Å². The zero-order valence-corrected chi connectivity index (χ0v) is 12.9. The quantitative estimate of drug-likeness (QED) is 0.835. The SMILES string of the molecule is CC1(C)CC(NC2=CC=C(F)C=CC2)=CC(=NCC(=O)O)C1. The molecule has 0 unspecified atom stereocenters. The van der Waals surface area contributed by atoms with Gasteiger partial charge < -0.3 is 10.4 Å². The lowest BCUT2D eigenvalue weighted by Crippen LogP contribution is -2.28. The molecule has 0 atom stereocenters. The van der Waals surface area contributed by atoms with Gasteiger partial charge >= 0.3 is 5.97 Å². The van der Waals surface area contributed by atoms with Crippen LogP contribution in [0, 0.1) is 5.41 Å². The second-order valence-corrected chi connectivity index (χ2v) is 6.36. The molecule has 0 aromatic heterocycles. The molecule has 0 bridgehead atoms. The molecule has 22 heavy (non-hydrogen) atoms. The van der Waals surface area contributed by atoms with Crippen LogP contribution in [0.3, 0.4) is 0 Å². The fourth-order valence-corrected chi connectivity index (χ4v) is 2.62. The molecule has 0 aliphatic heterocycles. The second-order valence-electron chi connectivity index (χ2n) is 6.36. The van der Waals surface area contributed by atoms with Crippen molar-refractivity contribution in [3.05, 3.63) is 47.6 Å². The molecule has 0 spiro atoms. The van der Waals surface area contributed by atoms with E-state index in [1.165, 1.54) is 12.2 Å². The van der Waals surface area contributed by atoms with Crippen LogP contribution in [0.5, 0.6) is 0 Å². The minimum Gasteiger partial charge on any atom is -0.480 e. The molecule has 0 saturated heterocycles. The highest BCUT2D eigenvalue weighted by molar-refractivity contribution is 5.97. The highest BCUT2D eigenvalue weighted by Gasteiger charge is 2.26. The standard InChI is InChI=1S/C17H21FN2O2/c1-17(2)9-14(19-11-16(21)22)8-15(10-17)20-13-5-3-4-12(18)6-7-13/h3-4,6-8,20H,5,9-11H2,1-2H3,(H,21,22). The lowest BCUT2D eigenvalue weighted by atomic mass is 9.78. The summed E-state index contributed by atoms with van der Waals surface area (Å²) < 4.78 is 13.2. The van der Waals surface area contributed by atoms with E-state index in [1.54, 1.807) is 12.2 Å². The van der Waals surface area contributed by atoms with Gasteiger partial charge in [-0.1, -0.05) is 19.9 Å². The van der Waals surface area contributed by atoms with Crippen LogP contribution in [-0.2, 0) is 4.79 Å². The van der Waals surface area contributed by atoms with E-state index in [9.17, 15) is 9.18 Å². The number of halogens is 1. The van der Waals surface area contributed by atoms with Crippen molar-refractivity contribution in [1.82, 2.24) is 5.32 Å². The first-order chi connectivity index (χ1) is 10.3. The average molecular weight is 304 g/mol. The molecular weight excluding hydrogens is 283 g/mol. The monoisotopic (exact) mass is 304 g/mol. The molecule has 0 heterocycles. The molecule has 118 valence electrons. The number of aliphatic imine (C=N–C) groups is 1. The van der Waals surface area contributed by atoms with E-state index >= 15 is 0 Å². The summed E-state index contributed by atoms with van der Waals surface area (Å²) in [5, 5.41) is 12.1. The highest BCUT2D eigenvalue weighted by atomic mass is 19.1. The molecule has 2 aliphatic carbocycles. The Balaban J connectivity index is 2.16. The minimum atomic E-state index is -0.934. The van der Waals surface area contributed by atoms with Gasteiger partial charge in [-0.25, -0.2) is 4.39 Å². The van der Waals surface area contributed by atoms with Crippen molar-refractivity contribution in [1.29, 1.82) is 0 Å². The fourth-order valence-electron chi connectivity index (χ4n) is 2.62. The molecule has 0 aromatic rings. The number of carboxylic acids is 1. The van der Waals surface area contributed by atoms with Gasteiger partial charge in [-0.2, -0.15) is 0 Å². The molecule has 5 heteroatoms. The molecule has 0 radical (unpaired) electrons. The Morgan fingerprint density at radius 3 is 2.86 bits per heavy atom. The molecule has 0 saturated carbocycles. The smallest absolute Gasteiger partial charge is 0.325 e. The summed E-state index contributed by atoms with van der Waals surface area (Å²) in [6.07, 6.45) is 10.5. The minimum absolute atomic E-state index is 0.0106. The molecular formula is C17H21FN2O2. The Kier molecular flexibility index (Phi) is 4.96. The maximum absolute atomic E-state index is 13.2. The van der Waals surface area contributed by atoms with E-state index in [0.717, 1.165) is 29.9 Å². The molecule has 2 rings (SSSR count). The van der Waals surface area contributed by atoms with Crippen LogP contribution in [0.15, 0.2) is 52.6 Å². The molecule has 0 aromatic carbocycles. The van der Waals surface area contributed by atoms with Crippen LogP contribution in [0.1, 0.15) is 33.1 Å². The van der Waals surface area contributed by atoms with Crippen molar-refractivity contribution in [3.63, 3.8) is 0 Å². The first-order valence-corrected chi connectivity index (χ1v) is 7.30. The van der Waals surface area contributed by atoms with Crippen LogP contribution in [0.25, 0.3) is 0 Å². The van der Waals surface area contributed by atoms with Gasteiger partial charge in [0.05, 0.1) is 0 Å². The Morgan fingerprint density at radius 1 is 1.36 bits per heavy atom. The molecule has 2 aliphatic rings. The van der Waals surface area contributed by atoms with E-state index in [4.69, 9.17) is 5.11 Å². The van der Waals surface area contributed by atoms with Crippen molar-refractivity contribution in [2.45, 2.75) is 33.1 Å². The summed E-state index contributed by atoms with van der Waals surface area (Å²) in [5.41, 5.74) is 2.69. The normalized spacial score (nSPS) is 22.5. The predicted molar refractivity (Wildman–Crippen MR) is 85.2 cm³/mol. The molecule has 2 N–H and O–H groups in total. The van der Waals surface area contributed by atoms with E-state index in [1.807, 2.05) is 6.08 Å². The van der Waals surface area contributed by atoms with Crippen LogP contribution >= 0.6 is 0 Å². The van der Waals surface area contributed by atoms with E-state index in [2.05, 4.69) is 24.2 Å². The van der Waals surface area contributed by atoms with Gasteiger partial charge in [-0.3, -0.25) is 9.79 Å². The van der Waals surface area contributed by atoms with Gasteiger partial charge in [0.15, 0.2) is 0 Å². The maximum atomic E-state index is 13.2. The lowest BCUT2D eigenvalue weighted by Gasteiger charge is -2.31. The third kappa shape index (κ3) is 4.98. The number of allylic oxidation sites excluding steroid dienone is 7. The summed E-state index contributed by atoms with van der Waals surface area (Å²) >= 11 is 0. The van der Waals surface area contributed by atoms with Gasteiger partial charge in [-0.05, 0) is 42.6 Å². The van der Waals surface area contributed by atoms with Crippen LogP contribution in [0.2, 0.25) is 0 Å². The zero-order chi connectivity index (χ0) is 16.2. The Bertz CT molecular complexity index is 610. The number of nitrogens with one attached hydrogen (secondary N) is 1. The number of hydrogen-bond donors (Lipinski definition) is 2. The summed E-state index contributed by atoms with van der Waals surface area (Å²) in [4.78, 5) is 14.8. The average Bonchev–Trinajstić information content (AvgIpc) is 2.60. The third-order valence-corrected chi connectivity index (χ3v) is 3.47. The van der Waals surface area contributed by atoms with Crippen molar-refractivity contribution in [2.75, 3.05) is 6.54 Å². The first kappa shape index (κ1) is 16.2. The van der Waals surface area contributed by atoms with E-state index in [-0.39, 0.29) is 17.8 Å². The third-order valence-electron chi connectivity index (χ3n) is 3.47. The largest absolute Gasteiger partial charge is 0.480 e. The van der Waals surface area contributed by atoms with Gasteiger partial charge in [0.25, 0.3) is 0 Å². The van der Waals surface area contributed by atoms with Gasteiger partial charge in [0.2, 0.25) is 0 Å². The summed E-state index contributed by atoms with van der Waals surface area (Å²) in [6, 6.07) is 0. The Labute approximate surface area is 129 Å². The summed E-state index contributed by atoms with van der Waals surface area (Å²) in [5.74, 6) is -1.20. The fraction of sp³-hybridized carbons (Fsp3) is 0.412. The number of carbonyl (C=O) groups is 1. The van der Waals surface area contributed by atoms with Crippen LogP contribution < -0.4 is 5.32 Å². The van der Waals surface area contributed by atoms with Crippen molar-refractivity contribution in [3.8, 4) is 0 Å². The molecule has 0 amide bonds. The number of aliphatic carboxylic acids is 1. The topological polar surface area (TPSA) is 61.7 Å². The van der Waals surface area contributed by atoms with Gasteiger partial charge in [-0.15, -0.1) is 0 Å². The van der Waals surface area contributed by atoms with Crippen LogP contribution in [0.4, 0.5) is 4.39 Å². The lowest BCUT2D eigenvalue weighted by molar-refractivity contribution is -0.135. The number of nitrogens with zero attached hydrogens (tertiary/aromatic N) is 1. The number of carboxylic acid groups (broad SMARTS) is 1. The van der Waals surface area contributed by atoms with Crippen molar-refractivity contribution >= 4 is 11.7 Å². The van der Waals surface area contributed by atoms with Crippen LogP contribution in [-0.4, -0.2) is 23.3 Å². The predicted octanol–water partition coefficient (Wildman–Crippen LogP) is 3.50.